The van der Waals surface area contributed by atoms with Gasteiger partial charge in [0.1, 0.15) is 5.82 Å². The van der Waals surface area contributed by atoms with E-state index in [1.54, 1.807) is 0 Å². The number of anilines is 1. The molecule has 0 aromatic heterocycles. The van der Waals surface area contributed by atoms with Crippen LogP contribution in [0.1, 0.15) is 18.4 Å². The van der Waals surface area contributed by atoms with Crippen LogP contribution in [0.3, 0.4) is 0 Å². The molecule has 0 spiro atoms. The summed E-state index contributed by atoms with van der Waals surface area (Å²) in [7, 11) is -3.59. The molecular weight excluding hydrogens is 360 g/mol. The molecule has 1 aliphatic carbocycles. The zero-order valence-electron chi connectivity index (χ0n) is 12.0. The topological polar surface area (TPSA) is 46.2 Å². The van der Waals surface area contributed by atoms with Gasteiger partial charge in [0.25, 0.3) is 0 Å². The molecule has 0 saturated heterocycles. The Hall–Kier alpha value is -1.30. The highest BCUT2D eigenvalue weighted by atomic mass is 35.5. The lowest BCUT2D eigenvalue weighted by molar-refractivity contribution is 0.594. The summed E-state index contributed by atoms with van der Waals surface area (Å²) >= 11 is 11.8. The van der Waals surface area contributed by atoms with E-state index < -0.39 is 15.7 Å². The fourth-order valence-electron chi connectivity index (χ4n) is 2.22. The Kier molecular flexibility index (Phi) is 4.54. The highest BCUT2D eigenvalue weighted by Crippen LogP contribution is 2.33. The molecule has 0 amide bonds. The monoisotopic (exact) mass is 373 g/mol. The van der Waals surface area contributed by atoms with Gasteiger partial charge in [-0.15, -0.1) is 0 Å². The summed E-state index contributed by atoms with van der Waals surface area (Å²) in [6.45, 7) is 0. The first-order valence-corrected chi connectivity index (χ1v) is 9.49. The lowest BCUT2D eigenvalue weighted by atomic mass is 10.2. The van der Waals surface area contributed by atoms with E-state index in [1.807, 2.05) is 0 Å². The Morgan fingerprint density at radius 2 is 1.78 bits per heavy atom. The van der Waals surface area contributed by atoms with E-state index in [1.165, 1.54) is 36.4 Å². The Balaban J connectivity index is 1.85. The maximum absolute atomic E-state index is 14.2. The normalized spacial score (nSPS) is 14.7. The highest BCUT2D eigenvalue weighted by molar-refractivity contribution is 7.90. The van der Waals surface area contributed by atoms with Crippen molar-refractivity contribution in [3.8, 4) is 0 Å². The van der Waals surface area contributed by atoms with Crippen LogP contribution in [0.15, 0.2) is 41.3 Å². The molecule has 1 saturated carbocycles. The van der Waals surface area contributed by atoms with Gasteiger partial charge in [0.05, 0.1) is 21.4 Å². The van der Waals surface area contributed by atoms with Crippen LogP contribution in [-0.2, 0) is 15.6 Å². The molecule has 3 rings (SSSR count). The van der Waals surface area contributed by atoms with E-state index in [2.05, 4.69) is 5.32 Å². The molecule has 0 radical (unpaired) electrons. The number of halogens is 3. The van der Waals surface area contributed by atoms with Gasteiger partial charge in [-0.1, -0.05) is 23.2 Å². The summed E-state index contributed by atoms with van der Waals surface area (Å²) in [5, 5.41) is 3.65. The number of nitrogens with one attached hydrogen (secondary N) is 1. The number of hydrogen-bond donors (Lipinski definition) is 1. The van der Waals surface area contributed by atoms with Crippen LogP contribution >= 0.6 is 23.2 Å². The Bertz CT molecular complexity index is 811. The summed E-state index contributed by atoms with van der Waals surface area (Å²) in [6.07, 6.45) is 1.98. The van der Waals surface area contributed by atoms with Gasteiger partial charge in [0.2, 0.25) is 0 Å². The highest BCUT2D eigenvalue weighted by Gasteiger charge is 2.24. The smallest absolute Gasteiger partial charge is 0.182 e. The van der Waals surface area contributed by atoms with E-state index in [9.17, 15) is 12.8 Å². The average molecular weight is 374 g/mol. The predicted molar refractivity (Wildman–Crippen MR) is 90.4 cm³/mol. The Labute approximate surface area is 144 Å². The zero-order valence-corrected chi connectivity index (χ0v) is 14.3. The standard InChI is InChI=1S/C16H14Cl2FNO2S/c17-11-1-5-13(6-2-11)23(21,22)9-10-7-14(18)16(15(19)8-10)20-12-3-4-12/h1-2,5-8,12,20H,3-4,9H2. The summed E-state index contributed by atoms with van der Waals surface area (Å²) in [5.74, 6) is -0.861. The van der Waals surface area contributed by atoms with Gasteiger partial charge in [0.15, 0.2) is 9.84 Å². The molecule has 2 aromatic rings. The molecule has 0 bridgehead atoms. The first-order valence-electron chi connectivity index (χ1n) is 7.08. The first-order chi connectivity index (χ1) is 10.8. The lowest BCUT2D eigenvalue weighted by Crippen LogP contribution is -2.08. The van der Waals surface area contributed by atoms with Crippen LogP contribution < -0.4 is 5.32 Å². The average Bonchev–Trinajstić information content (AvgIpc) is 3.27. The minimum atomic E-state index is -3.59. The number of rotatable bonds is 5. The van der Waals surface area contributed by atoms with Crippen molar-refractivity contribution in [3.05, 3.63) is 57.8 Å². The summed E-state index contributed by atoms with van der Waals surface area (Å²) in [6, 6.07) is 8.82. The second kappa shape index (κ2) is 6.30. The van der Waals surface area contributed by atoms with Crippen molar-refractivity contribution < 1.29 is 12.8 Å². The van der Waals surface area contributed by atoms with Crippen LogP contribution in [-0.4, -0.2) is 14.5 Å². The number of benzene rings is 2. The second-order valence-corrected chi connectivity index (χ2v) is 8.40. The molecule has 7 heteroatoms. The van der Waals surface area contributed by atoms with E-state index in [0.29, 0.717) is 10.6 Å². The van der Waals surface area contributed by atoms with Gasteiger partial charge in [-0.2, -0.15) is 0 Å². The maximum Gasteiger partial charge on any atom is 0.182 e. The van der Waals surface area contributed by atoms with Gasteiger partial charge < -0.3 is 5.32 Å². The van der Waals surface area contributed by atoms with Crippen LogP contribution in [0.4, 0.5) is 10.1 Å². The van der Waals surface area contributed by atoms with E-state index in [-0.39, 0.29) is 27.4 Å². The van der Waals surface area contributed by atoms with Gasteiger partial charge in [-0.05, 0) is 54.8 Å². The molecule has 23 heavy (non-hydrogen) atoms. The molecule has 2 aromatic carbocycles. The summed E-state index contributed by atoms with van der Waals surface area (Å²) < 4.78 is 38.9. The molecule has 3 nitrogen and oxygen atoms in total. The minimum absolute atomic E-state index is 0.138. The molecule has 1 aliphatic rings. The Morgan fingerprint density at radius 3 is 2.35 bits per heavy atom. The Morgan fingerprint density at radius 1 is 1.13 bits per heavy atom. The van der Waals surface area contributed by atoms with Gasteiger partial charge in [0, 0.05) is 11.1 Å². The largest absolute Gasteiger partial charge is 0.379 e. The van der Waals surface area contributed by atoms with E-state index in [4.69, 9.17) is 23.2 Å². The minimum Gasteiger partial charge on any atom is -0.379 e. The van der Waals surface area contributed by atoms with Gasteiger partial charge >= 0.3 is 0 Å². The number of sulfone groups is 1. The van der Waals surface area contributed by atoms with Crippen molar-refractivity contribution in [2.45, 2.75) is 29.5 Å². The second-order valence-electron chi connectivity index (χ2n) is 5.57. The SMILES string of the molecule is O=S(=O)(Cc1cc(F)c(NC2CC2)c(Cl)c1)c1ccc(Cl)cc1. The van der Waals surface area contributed by atoms with Gasteiger partial charge in [-0.3, -0.25) is 0 Å². The summed E-state index contributed by atoms with van der Waals surface area (Å²) in [5.41, 5.74) is 0.547. The van der Waals surface area contributed by atoms with Crippen LogP contribution in [0.5, 0.6) is 0 Å². The lowest BCUT2D eigenvalue weighted by Gasteiger charge is -2.11. The molecule has 0 atom stereocenters. The van der Waals surface area contributed by atoms with E-state index in [0.717, 1.165) is 12.8 Å². The third kappa shape index (κ3) is 3.97. The molecule has 0 unspecified atom stereocenters. The van der Waals surface area contributed by atoms with Crippen molar-refractivity contribution in [1.29, 1.82) is 0 Å². The zero-order chi connectivity index (χ0) is 16.6. The van der Waals surface area contributed by atoms with Crippen molar-refractivity contribution in [3.63, 3.8) is 0 Å². The molecule has 1 fully saturated rings. The van der Waals surface area contributed by atoms with Crippen LogP contribution in [0.2, 0.25) is 10.0 Å². The third-order valence-electron chi connectivity index (χ3n) is 3.56. The molecule has 0 heterocycles. The molecule has 122 valence electrons. The van der Waals surface area contributed by atoms with Gasteiger partial charge in [-0.25, -0.2) is 12.8 Å². The van der Waals surface area contributed by atoms with E-state index >= 15 is 0 Å². The van der Waals surface area contributed by atoms with Crippen molar-refractivity contribution in [1.82, 2.24) is 0 Å². The first kappa shape index (κ1) is 16.6. The van der Waals surface area contributed by atoms with Crippen molar-refractivity contribution in [2.75, 3.05) is 5.32 Å². The van der Waals surface area contributed by atoms with Crippen molar-refractivity contribution in [2.24, 2.45) is 0 Å². The maximum atomic E-state index is 14.2. The molecule has 0 aliphatic heterocycles. The fraction of sp³-hybridized carbons (Fsp3) is 0.250. The third-order valence-corrected chi connectivity index (χ3v) is 5.81. The quantitative estimate of drug-likeness (QED) is 0.827. The fourth-order valence-corrected chi connectivity index (χ4v) is 3.96. The van der Waals surface area contributed by atoms with Crippen molar-refractivity contribution >= 4 is 38.7 Å². The molecular formula is C16H14Cl2FNO2S. The number of hydrogen-bond acceptors (Lipinski definition) is 3. The summed E-state index contributed by atoms with van der Waals surface area (Å²) in [4.78, 5) is 0.138. The molecule has 1 N–H and O–H groups in total. The predicted octanol–water partition coefficient (Wildman–Crippen LogP) is 4.68. The van der Waals surface area contributed by atoms with Crippen LogP contribution in [0.25, 0.3) is 0 Å². The van der Waals surface area contributed by atoms with Crippen LogP contribution in [0, 0.1) is 5.82 Å².